The van der Waals surface area contributed by atoms with Crippen molar-refractivity contribution in [1.29, 1.82) is 0 Å². The average Bonchev–Trinajstić information content (AvgIpc) is 0.940. The molecule has 0 radical (unpaired) electrons. The van der Waals surface area contributed by atoms with Crippen molar-refractivity contribution in [3.8, 4) is 5.75 Å². The first-order valence-electron chi connectivity index (χ1n) is 30.9. The monoisotopic (exact) mass is 1280 g/mol. The lowest BCUT2D eigenvalue weighted by atomic mass is 9.99. The number of nitrogens with two attached hydrogens (primary N) is 1. The number of halogens is 1. The molecule has 92 heavy (non-hydrogen) atoms. The summed E-state index contributed by atoms with van der Waals surface area (Å²) >= 11 is 6.23. The van der Waals surface area contributed by atoms with Gasteiger partial charge in [-0.05, 0) is 126 Å². The van der Waals surface area contributed by atoms with Gasteiger partial charge in [-0.1, -0.05) is 105 Å². The van der Waals surface area contributed by atoms with Gasteiger partial charge in [-0.15, -0.1) is 0 Å². The van der Waals surface area contributed by atoms with Crippen molar-refractivity contribution >= 4 is 75.5 Å². The molecule has 0 unspecified atom stereocenters. The average molecular weight is 1280 g/mol. The number of aliphatic hydroxyl groups is 1. The van der Waals surface area contributed by atoms with Gasteiger partial charge in [0.15, 0.2) is 0 Å². The fraction of sp³-hybridized carbons (Fsp3) is 0.397. The number of pyridine rings is 2. The third-order valence-electron chi connectivity index (χ3n) is 15.3. The smallest absolute Gasteiger partial charge is 0.252 e. The van der Waals surface area contributed by atoms with Gasteiger partial charge in [0.1, 0.15) is 48.0 Å². The second kappa shape index (κ2) is 37.1. The summed E-state index contributed by atoms with van der Waals surface area (Å²) in [4.78, 5) is 137. The molecule has 24 heteroatoms. The Hall–Kier alpha value is -9.32. The molecule has 0 saturated heterocycles. The zero-order chi connectivity index (χ0) is 66.5. The first-order chi connectivity index (χ1) is 44.2. The van der Waals surface area contributed by atoms with Gasteiger partial charge in [-0.25, -0.2) is 0 Å². The molecule has 0 aliphatic rings. The van der Waals surface area contributed by atoms with E-state index in [1.54, 1.807) is 54.7 Å². The van der Waals surface area contributed by atoms with E-state index in [0.717, 1.165) is 34.1 Å². The van der Waals surface area contributed by atoms with Crippen molar-refractivity contribution in [2.75, 3.05) is 33.3 Å². The molecular formula is C68H85ClN12O11. The predicted octanol–water partition coefficient (Wildman–Crippen LogP) is 3.90. The lowest BCUT2D eigenvalue weighted by Gasteiger charge is -2.32. The number of fused-ring (bicyclic) bond motifs is 1. The van der Waals surface area contributed by atoms with Crippen LogP contribution >= 0.6 is 11.6 Å². The molecule has 0 spiro atoms. The molecule has 2 heterocycles. The van der Waals surface area contributed by atoms with Crippen LogP contribution in [0.4, 0.5) is 0 Å². The van der Waals surface area contributed by atoms with Gasteiger partial charge in [-0.3, -0.25) is 53.1 Å². The number of rotatable bonds is 36. The molecule has 4 aromatic carbocycles. The zero-order valence-electron chi connectivity index (χ0n) is 52.4. The molecule has 6 rings (SSSR count). The van der Waals surface area contributed by atoms with E-state index in [9.17, 15) is 53.4 Å². The highest BCUT2D eigenvalue weighted by atomic mass is 35.5. The predicted molar refractivity (Wildman–Crippen MR) is 349 cm³/mol. The molecule has 0 aliphatic heterocycles. The highest BCUT2D eigenvalue weighted by molar-refractivity contribution is 6.30. The third-order valence-corrected chi connectivity index (χ3v) is 15.5. The Morgan fingerprint density at radius 2 is 1.08 bits per heavy atom. The maximum Gasteiger partial charge on any atom is 0.252 e. The van der Waals surface area contributed by atoms with Crippen LogP contribution in [-0.4, -0.2) is 154 Å². The highest BCUT2D eigenvalue weighted by Gasteiger charge is 2.37. The summed E-state index contributed by atoms with van der Waals surface area (Å²) < 4.78 is 0. The van der Waals surface area contributed by atoms with Crippen molar-refractivity contribution in [3.05, 3.63) is 173 Å². The van der Waals surface area contributed by atoms with Crippen LogP contribution in [-0.2, 0) is 64.0 Å². The van der Waals surface area contributed by atoms with E-state index in [0.29, 0.717) is 59.6 Å². The number of benzene rings is 4. The van der Waals surface area contributed by atoms with Gasteiger partial charge in [0.25, 0.3) is 5.91 Å². The summed E-state index contributed by atoms with van der Waals surface area (Å²) in [7, 11) is 1.28. The lowest BCUT2D eigenvalue weighted by Crippen LogP contribution is -2.61. The normalized spacial score (nSPS) is 13.4. The largest absolute Gasteiger partial charge is 0.508 e. The van der Waals surface area contributed by atoms with Gasteiger partial charge in [0.2, 0.25) is 47.3 Å². The fourth-order valence-corrected chi connectivity index (χ4v) is 10.4. The van der Waals surface area contributed by atoms with Crippen LogP contribution in [0.15, 0.2) is 140 Å². The SMILES string of the molecule is CC(=O)N[C@H](Cc1ccc2ccccc2c1)C(=O)N[C@H](Cc1ccc(Cl)cc1)C(=O)N[C@H](Cc1cccnc1)C(=O)N[C@@H](CO)C(=O)N(C)[C@@H](Cc1ccc(O)cc1)C(=O)N[C@H](CCCCNC(=O)c1cccnc1)C(=O)N[C@@H](CC(C)C)C(=O)NCCCCCN. The molecule has 9 amide bonds. The summed E-state index contributed by atoms with van der Waals surface area (Å²) in [6, 6.07) is 22.7. The Labute approximate surface area is 541 Å². The number of phenols is 1. The van der Waals surface area contributed by atoms with Crippen molar-refractivity contribution in [2.45, 2.75) is 134 Å². The summed E-state index contributed by atoms with van der Waals surface area (Å²) in [5.74, 6) is -6.35. The molecule has 0 fully saturated rings. The quantitative estimate of drug-likeness (QED) is 0.0249. The number of unbranched alkanes of at least 4 members (excludes halogenated alkanes) is 3. The number of aromatic nitrogens is 2. The van der Waals surface area contributed by atoms with Crippen LogP contribution < -0.4 is 48.3 Å². The summed E-state index contributed by atoms with van der Waals surface area (Å²) in [6.45, 7) is 5.13. The topological polar surface area (TPSA) is 345 Å². The molecule has 7 atom stereocenters. The van der Waals surface area contributed by atoms with E-state index >= 15 is 0 Å². The number of likely N-dealkylation sites (N-methyl/N-ethyl adjacent to an activating group) is 1. The molecular weight excluding hydrogens is 1200 g/mol. The zero-order valence-corrected chi connectivity index (χ0v) is 53.1. The summed E-state index contributed by atoms with van der Waals surface area (Å²) in [5.41, 5.74) is 8.26. The molecule has 0 aliphatic carbocycles. The second-order valence-corrected chi connectivity index (χ2v) is 23.6. The Morgan fingerprint density at radius 3 is 1.70 bits per heavy atom. The molecule has 490 valence electrons. The van der Waals surface area contributed by atoms with Crippen LogP contribution in [0.3, 0.4) is 0 Å². The lowest BCUT2D eigenvalue weighted by molar-refractivity contribution is -0.144. The summed E-state index contributed by atoms with van der Waals surface area (Å²) in [6.07, 6.45) is 8.68. The summed E-state index contributed by atoms with van der Waals surface area (Å²) in [5, 5.41) is 45.7. The van der Waals surface area contributed by atoms with E-state index in [1.165, 1.54) is 56.8 Å². The Morgan fingerprint density at radius 1 is 0.533 bits per heavy atom. The van der Waals surface area contributed by atoms with Crippen LogP contribution in [0.1, 0.15) is 98.3 Å². The number of carbonyl (C=O) groups is 9. The molecule has 23 nitrogen and oxygen atoms in total. The van der Waals surface area contributed by atoms with Crippen molar-refractivity contribution < 1.29 is 53.4 Å². The van der Waals surface area contributed by atoms with Gasteiger partial charge in [-0.2, -0.15) is 0 Å². The third kappa shape index (κ3) is 23.5. The van der Waals surface area contributed by atoms with E-state index in [-0.39, 0.29) is 62.6 Å². The van der Waals surface area contributed by atoms with Crippen LogP contribution in [0.25, 0.3) is 10.8 Å². The van der Waals surface area contributed by atoms with Gasteiger partial charge >= 0.3 is 0 Å². The minimum Gasteiger partial charge on any atom is -0.508 e. The maximum atomic E-state index is 15.0. The fourth-order valence-electron chi connectivity index (χ4n) is 10.3. The molecule has 2 aromatic heterocycles. The number of nitrogens with one attached hydrogen (secondary N) is 8. The number of amides is 9. The first-order valence-corrected chi connectivity index (χ1v) is 31.3. The van der Waals surface area contributed by atoms with Crippen LogP contribution in [0.5, 0.6) is 5.75 Å². The molecule has 0 saturated carbocycles. The first kappa shape index (κ1) is 71.8. The maximum absolute atomic E-state index is 15.0. The number of carbonyl (C=O) groups excluding carboxylic acids is 9. The molecule has 12 N–H and O–H groups in total. The Kier molecular flexibility index (Phi) is 28.9. The standard InChI is InChI=1S/C68H85ClN12O11/c1-43(2)34-55(62(86)74-32-10-5-9-29-70)77-63(87)54(18-8-11-33-73-61(85)51-17-13-31-72-41-51)76-67(91)60(39-46-22-27-53(84)28-23-46)81(4)68(92)59(42-82)80-66(90)58(38-48-14-12-30-71-40-48)79-65(89)57(36-45-20-25-52(69)26-21-45)78-64(88)56(75-44(3)83)37-47-19-24-49-15-6-7-16-50(49)35-47/h6-7,12-17,19-28,30-31,35,40-41,43,54-60,82,84H,5,8-11,18,29,32-34,36-39,42,70H2,1-4H3,(H,73,85)(H,74,86)(H,75,83)(H,76,91)(H,77,87)(H,78,88)(H,79,89)(H,80,90)/t54-,55+,56-,57-,58-,59+,60+/m1/s1. The minimum absolute atomic E-state index is 0.0177. The number of aliphatic hydroxyl groups excluding tert-OH is 1. The molecule has 0 bridgehead atoms. The van der Waals surface area contributed by atoms with Crippen LogP contribution in [0, 0.1) is 5.92 Å². The second-order valence-electron chi connectivity index (χ2n) is 23.1. The number of hydrogen-bond donors (Lipinski definition) is 11. The van der Waals surface area contributed by atoms with E-state index in [4.69, 9.17) is 17.3 Å². The highest BCUT2D eigenvalue weighted by Crippen LogP contribution is 2.20. The van der Waals surface area contributed by atoms with Crippen molar-refractivity contribution in [1.82, 2.24) is 57.4 Å². The number of nitrogens with zero attached hydrogens (tertiary/aromatic N) is 3. The number of aromatic hydroxyl groups is 1. The Balaban J connectivity index is 1.25. The van der Waals surface area contributed by atoms with Gasteiger partial charge in [0.05, 0.1) is 12.2 Å². The van der Waals surface area contributed by atoms with E-state index < -0.39 is 96.2 Å². The van der Waals surface area contributed by atoms with Gasteiger partial charge in [0, 0.05) is 82.6 Å². The minimum atomic E-state index is -1.75. The Bertz CT molecular complexity index is 3400. The molecule has 6 aromatic rings. The van der Waals surface area contributed by atoms with Crippen molar-refractivity contribution in [2.24, 2.45) is 11.7 Å². The number of phenolic OH excluding ortho intramolecular Hbond substituents is 1. The van der Waals surface area contributed by atoms with E-state index in [2.05, 4.69) is 52.5 Å². The van der Waals surface area contributed by atoms with Crippen molar-refractivity contribution in [3.63, 3.8) is 0 Å². The van der Waals surface area contributed by atoms with Crippen LogP contribution in [0.2, 0.25) is 5.02 Å². The van der Waals surface area contributed by atoms with E-state index in [1.807, 2.05) is 56.3 Å². The number of hydrogen-bond acceptors (Lipinski definition) is 14. The van der Waals surface area contributed by atoms with Gasteiger partial charge < -0.3 is 63.4 Å².